The zero-order valence-corrected chi connectivity index (χ0v) is 9.12. The monoisotopic (exact) mass is 210 g/mol. The first-order valence-corrected chi connectivity index (χ1v) is 5.83. The quantitative estimate of drug-likeness (QED) is 0.723. The number of carbonyl (C=O) groups is 1. The number of rotatable bonds is 1. The molecule has 0 saturated heterocycles. The van der Waals surface area contributed by atoms with Gasteiger partial charge in [0.15, 0.2) is 5.13 Å². The molecule has 0 aromatic carbocycles. The number of anilines is 1. The molecule has 1 amide bonds. The number of fused-ring (bicyclic) bond motifs is 1. The molecule has 2 rings (SSSR count). The lowest BCUT2D eigenvalue weighted by Gasteiger charge is -1.94. The second-order valence-electron chi connectivity index (χ2n) is 3.63. The Morgan fingerprint density at radius 1 is 1.36 bits per heavy atom. The van der Waals surface area contributed by atoms with Crippen LogP contribution in [0.1, 0.15) is 36.8 Å². The van der Waals surface area contributed by atoms with E-state index < -0.39 is 0 Å². The highest BCUT2D eigenvalue weighted by atomic mass is 32.1. The Morgan fingerprint density at radius 2 is 2.14 bits per heavy atom. The molecule has 1 N–H and O–H groups in total. The Hall–Kier alpha value is -0.900. The summed E-state index contributed by atoms with van der Waals surface area (Å²) >= 11 is 1.63. The minimum absolute atomic E-state index is 0.0334. The smallest absolute Gasteiger partial charge is 0.223 e. The van der Waals surface area contributed by atoms with E-state index in [0.29, 0.717) is 0 Å². The van der Waals surface area contributed by atoms with Gasteiger partial charge in [-0.2, -0.15) is 0 Å². The third kappa shape index (κ3) is 2.12. The molecule has 1 aliphatic rings. The molecule has 1 heterocycles. The molecule has 0 bridgehead atoms. The molecule has 0 aliphatic heterocycles. The molecule has 0 saturated carbocycles. The summed E-state index contributed by atoms with van der Waals surface area (Å²) in [5.41, 5.74) is 1.20. The second-order valence-corrected chi connectivity index (χ2v) is 4.71. The third-order valence-corrected chi connectivity index (χ3v) is 3.45. The van der Waals surface area contributed by atoms with Crippen LogP contribution >= 0.6 is 11.3 Å². The second kappa shape index (κ2) is 4.09. The number of nitrogens with zero attached hydrogens (tertiary/aromatic N) is 1. The molecule has 0 spiro atoms. The van der Waals surface area contributed by atoms with Gasteiger partial charge in [-0.25, -0.2) is 4.98 Å². The maximum absolute atomic E-state index is 10.8. The van der Waals surface area contributed by atoms with Crippen LogP contribution in [0.15, 0.2) is 0 Å². The minimum Gasteiger partial charge on any atom is -0.302 e. The van der Waals surface area contributed by atoms with Crippen LogP contribution in [0.4, 0.5) is 5.13 Å². The maximum atomic E-state index is 10.8. The fourth-order valence-corrected chi connectivity index (χ4v) is 2.83. The van der Waals surface area contributed by atoms with Gasteiger partial charge in [-0.15, -0.1) is 11.3 Å². The van der Waals surface area contributed by atoms with Gasteiger partial charge < -0.3 is 5.32 Å². The summed E-state index contributed by atoms with van der Waals surface area (Å²) in [5, 5.41) is 3.52. The van der Waals surface area contributed by atoms with Gasteiger partial charge in [-0.3, -0.25) is 4.79 Å². The molecule has 0 atom stereocenters. The van der Waals surface area contributed by atoms with Crippen LogP contribution in [0.3, 0.4) is 0 Å². The number of carbonyl (C=O) groups excluding carboxylic acids is 1. The Balaban J connectivity index is 2.18. The van der Waals surface area contributed by atoms with E-state index in [1.165, 1.54) is 36.8 Å². The number of nitrogens with one attached hydrogen (secondary N) is 1. The predicted molar refractivity (Wildman–Crippen MR) is 57.7 cm³/mol. The van der Waals surface area contributed by atoms with Crippen molar-refractivity contribution in [2.45, 2.75) is 39.0 Å². The Kier molecular flexibility index (Phi) is 2.82. The molecule has 4 heteroatoms. The van der Waals surface area contributed by atoms with Gasteiger partial charge in [0.1, 0.15) is 0 Å². The van der Waals surface area contributed by atoms with Gasteiger partial charge in [0, 0.05) is 11.8 Å². The van der Waals surface area contributed by atoms with Crippen LogP contribution < -0.4 is 5.32 Å². The number of aryl methyl sites for hydroxylation is 2. The molecule has 3 nitrogen and oxygen atoms in total. The van der Waals surface area contributed by atoms with Crippen molar-refractivity contribution in [3.8, 4) is 0 Å². The summed E-state index contributed by atoms with van der Waals surface area (Å²) in [4.78, 5) is 16.7. The van der Waals surface area contributed by atoms with E-state index in [9.17, 15) is 4.79 Å². The van der Waals surface area contributed by atoms with Gasteiger partial charge in [-0.05, 0) is 25.7 Å². The van der Waals surface area contributed by atoms with Crippen LogP contribution in [0.25, 0.3) is 0 Å². The van der Waals surface area contributed by atoms with Crippen molar-refractivity contribution in [2.24, 2.45) is 0 Å². The van der Waals surface area contributed by atoms with Crippen molar-refractivity contribution in [3.05, 3.63) is 10.6 Å². The molecule has 1 aromatic rings. The lowest BCUT2D eigenvalue weighted by Crippen LogP contribution is -2.05. The lowest BCUT2D eigenvalue weighted by atomic mass is 10.2. The van der Waals surface area contributed by atoms with E-state index in [1.807, 2.05) is 0 Å². The van der Waals surface area contributed by atoms with Crippen molar-refractivity contribution in [3.63, 3.8) is 0 Å². The Bertz CT molecular complexity index is 322. The zero-order valence-electron chi connectivity index (χ0n) is 8.30. The number of aromatic nitrogens is 1. The highest BCUT2D eigenvalue weighted by Gasteiger charge is 2.14. The number of hydrogen-bond donors (Lipinski definition) is 1. The van der Waals surface area contributed by atoms with Crippen LogP contribution in [-0.2, 0) is 17.6 Å². The number of amides is 1. The summed E-state index contributed by atoms with van der Waals surface area (Å²) in [6, 6.07) is 0. The standard InChI is InChI=1S/C10H14N2OS/c1-7(13)11-10-12-8-5-3-2-4-6-9(8)14-10/h2-6H2,1H3,(H,11,12,13). The van der Waals surface area contributed by atoms with E-state index >= 15 is 0 Å². The number of hydrogen-bond acceptors (Lipinski definition) is 3. The highest BCUT2D eigenvalue weighted by Crippen LogP contribution is 2.28. The average molecular weight is 210 g/mol. The van der Waals surface area contributed by atoms with Gasteiger partial charge in [0.05, 0.1) is 5.69 Å². The van der Waals surface area contributed by atoms with Gasteiger partial charge in [-0.1, -0.05) is 6.42 Å². The first-order chi connectivity index (χ1) is 6.75. The topological polar surface area (TPSA) is 42.0 Å². The third-order valence-electron chi connectivity index (χ3n) is 2.38. The Morgan fingerprint density at radius 3 is 2.93 bits per heavy atom. The molecule has 76 valence electrons. The minimum atomic E-state index is -0.0334. The van der Waals surface area contributed by atoms with Crippen LogP contribution in [0.5, 0.6) is 0 Å². The van der Waals surface area contributed by atoms with Crippen molar-refractivity contribution < 1.29 is 4.79 Å². The molecule has 0 radical (unpaired) electrons. The molecule has 1 aromatic heterocycles. The first kappa shape index (κ1) is 9.65. The highest BCUT2D eigenvalue weighted by molar-refractivity contribution is 7.15. The summed E-state index contributed by atoms with van der Waals surface area (Å²) in [5.74, 6) is -0.0334. The molecule has 1 aliphatic carbocycles. The fraction of sp³-hybridized carbons (Fsp3) is 0.600. The van der Waals surface area contributed by atoms with Crippen LogP contribution in [0.2, 0.25) is 0 Å². The van der Waals surface area contributed by atoms with Crippen LogP contribution in [0, 0.1) is 0 Å². The summed E-state index contributed by atoms with van der Waals surface area (Å²) in [6.45, 7) is 1.52. The van der Waals surface area contributed by atoms with E-state index in [1.54, 1.807) is 11.3 Å². The van der Waals surface area contributed by atoms with E-state index in [2.05, 4.69) is 10.3 Å². The SMILES string of the molecule is CC(=O)Nc1nc2c(s1)CCCCC2. The lowest BCUT2D eigenvalue weighted by molar-refractivity contribution is -0.114. The average Bonchev–Trinajstić information content (AvgIpc) is 2.34. The van der Waals surface area contributed by atoms with Crippen molar-refractivity contribution in [1.29, 1.82) is 0 Å². The summed E-state index contributed by atoms with van der Waals surface area (Å²) in [7, 11) is 0. The van der Waals surface area contributed by atoms with Gasteiger partial charge >= 0.3 is 0 Å². The maximum Gasteiger partial charge on any atom is 0.223 e. The molecule has 0 fully saturated rings. The van der Waals surface area contributed by atoms with E-state index in [-0.39, 0.29) is 5.91 Å². The summed E-state index contributed by atoms with van der Waals surface area (Å²) in [6.07, 6.45) is 6.00. The fourth-order valence-electron chi connectivity index (χ4n) is 1.73. The number of thiazole rings is 1. The molecular weight excluding hydrogens is 196 g/mol. The van der Waals surface area contributed by atoms with Crippen LogP contribution in [-0.4, -0.2) is 10.9 Å². The van der Waals surface area contributed by atoms with E-state index in [0.717, 1.165) is 18.0 Å². The summed E-state index contributed by atoms with van der Waals surface area (Å²) < 4.78 is 0. The normalized spacial score (nSPS) is 15.8. The zero-order chi connectivity index (χ0) is 9.97. The van der Waals surface area contributed by atoms with E-state index in [4.69, 9.17) is 0 Å². The largest absolute Gasteiger partial charge is 0.302 e. The predicted octanol–water partition coefficient (Wildman–Crippen LogP) is 2.37. The van der Waals surface area contributed by atoms with Crippen molar-refractivity contribution in [1.82, 2.24) is 4.98 Å². The van der Waals surface area contributed by atoms with Crippen molar-refractivity contribution >= 4 is 22.4 Å². The molecule has 0 unspecified atom stereocenters. The van der Waals surface area contributed by atoms with Crippen molar-refractivity contribution in [2.75, 3.05) is 5.32 Å². The first-order valence-electron chi connectivity index (χ1n) is 5.02. The van der Waals surface area contributed by atoms with Gasteiger partial charge in [0.25, 0.3) is 0 Å². The molecule has 14 heavy (non-hydrogen) atoms. The molecular formula is C10H14N2OS. The Labute approximate surface area is 87.6 Å². The van der Waals surface area contributed by atoms with Gasteiger partial charge in [0.2, 0.25) is 5.91 Å².